The summed E-state index contributed by atoms with van der Waals surface area (Å²) in [5.74, 6) is 1.05. The maximum Gasteiger partial charge on any atom is 0.105 e. The standard InChI is InChI=1S/C9H15NS/c1-3-4-5-6-7-11-9(2)8-10/h2-7H2,1H3. The van der Waals surface area contributed by atoms with E-state index in [-0.39, 0.29) is 0 Å². The zero-order chi connectivity index (χ0) is 8.53. The second-order valence-electron chi connectivity index (χ2n) is 2.44. The first-order valence-electron chi connectivity index (χ1n) is 4.03. The average molecular weight is 169 g/mol. The van der Waals surface area contributed by atoms with Crippen molar-refractivity contribution in [2.24, 2.45) is 0 Å². The fourth-order valence-corrected chi connectivity index (χ4v) is 1.42. The molecule has 0 heterocycles. The zero-order valence-electron chi connectivity index (χ0n) is 7.10. The van der Waals surface area contributed by atoms with Crippen molar-refractivity contribution in [3.05, 3.63) is 11.5 Å². The minimum atomic E-state index is 0.640. The lowest BCUT2D eigenvalue weighted by molar-refractivity contribution is 0.707. The summed E-state index contributed by atoms with van der Waals surface area (Å²) in [6, 6.07) is 2.02. The molecule has 0 spiro atoms. The van der Waals surface area contributed by atoms with Crippen LogP contribution in [0, 0.1) is 11.3 Å². The molecule has 0 radical (unpaired) electrons. The quantitative estimate of drug-likeness (QED) is 0.450. The molecule has 0 bridgehead atoms. The molecular weight excluding hydrogens is 154 g/mol. The van der Waals surface area contributed by atoms with Gasteiger partial charge in [-0.1, -0.05) is 32.8 Å². The highest BCUT2D eigenvalue weighted by molar-refractivity contribution is 8.03. The van der Waals surface area contributed by atoms with Crippen molar-refractivity contribution < 1.29 is 0 Å². The van der Waals surface area contributed by atoms with Crippen LogP contribution in [0.2, 0.25) is 0 Å². The number of unbranched alkanes of at least 4 members (excludes halogenated alkanes) is 3. The normalized spacial score (nSPS) is 9.09. The molecule has 0 aromatic rings. The van der Waals surface area contributed by atoms with Crippen LogP contribution in [0.15, 0.2) is 11.5 Å². The molecule has 0 fully saturated rings. The molecule has 1 nitrogen and oxygen atoms in total. The third-order valence-corrected chi connectivity index (χ3v) is 2.33. The van der Waals surface area contributed by atoms with Gasteiger partial charge < -0.3 is 0 Å². The fraction of sp³-hybridized carbons (Fsp3) is 0.667. The lowest BCUT2D eigenvalue weighted by Crippen LogP contribution is -1.80. The average Bonchev–Trinajstić information content (AvgIpc) is 2.04. The van der Waals surface area contributed by atoms with Gasteiger partial charge in [-0.15, -0.1) is 11.8 Å². The Bertz CT molecular complexity index is 146. The molecule has 0 atom stereocenters. The zero-order valence-corrected chi connectivity index (χ0v) is 7.91. The number of rotatable bonds is 6. The Kier molecular flexibility index (Phi) is 7.39. The van der Waals surface area contributed by atoms with Crippen molar-refractivity contribution in [2.45, 2.75) is 32.6 Å². The maximum atomic E-state index is 8.37. The van der Waals surface area contributed by atoms with Crippen LogP contribution in [0.5, 0.6) is 0 Å². The van der Waals surface area contributed by atoms with E-state index in [0.717, 1.165) is 5.75 Å². The summed E-state index contributed by atoms with van der Waals surface area (Å²) in [5.41, 5.74) is 0. The minimum absolute atomic E-state index is 0.640. The second kappa shape index (κ2) is 7.68. The highest BCUT2D eigenvalue weighted by atomic mass is 32.2. The van der Waals surface area contributed by atoms with Crippen LogP contribution >= 0.6 is 11.8 Å². The first-order chi connectivity index (χ1) is 5.31. The van der Waals surface area contributed by atoms with Gasteiger partial charge in [0, 0.05) is 0 Å². The van der Waals surface area contributed by atoms with Gasteiger partial charge in [0.05, 0.1) is 4.91 Å². The lowest BCUT2D eigenvalue weighted by atomic mass is 10.2. The van der Waals surface area contributed by atoms with Gasteiger partial charge in [-0.25, -0.2) is 0 Å². The molecule has 0 aromatic heterocycles. The first-order valence-corrected chi connectivity index (χ1v) is 5.01. The predicted molar refractivity (Wildman–Crippen MR) is 51.4 cm³/mol. The van der Waals surface area contributed by atoms with Gasteiger partial charge in [0.25, 0.3) is 0 Å². The van der Waals surface area contributed by atoms with Gasteiger partial charge >= 0.3 is 0 Å². The Balaban J connectivity index is 3.03. The molecule has 0 rings (SSSR count). The maximum absolute atomic E-state index is 8.37. The molecule has 11 heavy (non-hydrogen) atoms. The van der Waals surface area contributed by atoms with Gasteiger partial charge in [-0.3, -0.25) is 0 Å². The summed E-state index contributed by atoms with van der Waals surface area (Å²) >= 11 is 1.57. The number of nitrogens with zero attached hydrogens (tertiary/aromatic N) is 1. The number of thioether (sulfide) groups is 1. The lowest BCUT2D eigenvalue weighted by Gasteiger charge is -1.96. The van der Waals surface area contributed by atoms with E-state index >= 15 is 0 Å². The fourth-order valence-electron chi connectivity index (χ4n) is 0.756. The summed E-state index contributed by atoms with van der Waals surface area (Å²) < 4.78 is 0. The molecule has 0 aliphatic heterocycles. The van der Waals surface area contributed by atoms with E-state index in [1.165, 1.54) is 25.7 Å². The molecule has 0 saturated heterocycles. The van der Waals surface area contributed by atoms with E-state index in [0.29, 0.717) is 4.91 Å². The van der Waals surface area contributed by atoms with Crippen molar-refractivity contribution in [2.75, 3.05) is 5.75 Å². The second-order valence-corrected chi connectivity index (χ2v) is 3.63. The smallest absolute Gasteiger partial charge is 0.105 e. The van der Waals surface area contributed by atoms with Gasteiger partial charge in [-0.2, -0.15) is 5.26 Å². The summed E-state index contributed by atoms with van der Waals surface area (Å²) in [4.78, 5) is 0.640. The number of nitriles is 1. The molecule has 2 heteroatoms. The molecule has 0 aliphatic rings. The van der Waals surface area contributed by atoms with Crippen LogP contribution in [0.25, 0.3) is 0 Å². The first kappa shape index (κ1) is 10.6. The Morgan fingerprint density at radius 2 is 2.18 bits per heavy atom. The number of hydrogen-bond acceptors (Lipinski definition) is 2. The monoisotopic (exact) mass is 169 g/mol. The Labute approximate surface area is 73.5 Å². The van der Waals surface area contributed by atoms with Gasteiger partial charge in [0.2, 0.25) is 0 Å². The highest BCUT2D eigenvalue weighted by Gasteiger charge is 1.92. The molecule has 0 saturated carbocycles. The van der Waals surface area contributed by atoms with Crippen LogP contribution in [-0.2, 0) is 0 Å². The Morgan fingerprint density at radius 1 is 1.45 bits per heavy atom. The summed E-state index contributed by atoms with van der Waals surface area (Å²) in [7, 11) is 0. The molecule has 0 aromatic carbocycles. The highest BCUT2D eigenvalue weighted by Crippen LogP contribution is 2.14. The molecule has 62 valence electrons. The minimum Gasteiger partial charge on any atom is -0.192 e. The number of allylic oxidation sites excluding steroid dienone is 1. The summed E-state index contributed by atoms with van der Waals surface area (Å²) in [6.45, 7) is 5.79. The SMILES string of the molecule is C=C(C#N)SCCCCCC. The van der Waals surface area contributed by atoms with Crippen LogP contribution in [-0.4, -0.2) is 5.75 Å². The number of hydrogen-bond donors (Lipinski definition) is 0. The van der Waals surface area contributed by atoms with E-state index in [1.54, 1.807) is 11.8 Å². The van der Waals surface area contributed by atoms with Gasteiger partial charge in [0.1, 0.15) is 6.07 Å². The molecule has 0 unspecified atom stereocenters. The van der Waals surface area contributed by atoms with Crippen LogP contribution in [0.3, 0.4) is 0 Å². The van der Waals surface area contributed by atoms with Crippen molar-refractivity contribution in [3.8, 4) is 6.07 Å². The van der Waals surface area contributed by atoms with Crippen molar-refractivity contribution in [1.29, 1.82) is 5.26 Å². The van der Waals surface area contributed by atoms with E-state index in [1.807, 2.05) is 6.07 Å². The van der Waals surface area contributed by atoms with Crippen molar-refractivity contribution in [1.82, 2.24) is 0 Å². The molecule has 0 amide bonds. The van der Waals surface area contributed by atoms with E-state index < -0.39 is 0 Å². The Hall–Kier alpha value is -0.420. The summed E-state index contributed by atoms with van der Waals surface area (Å²) in [6.07, 6.45) is 5.06. The third-order valence-electron chi connectivity index (χ3n) is 1.40. The third kappa shape index (κ3) is 7.48. The van der Waals surface area contributed by atoms with Crippen molar-refractivity contribution in [3.63, 3.8) is 0 Å². The topological polar surface area (TPSA) is 23.8 Å². The van der Waals surface area contributed by atoms with Crippen molar-refractivity contribution >= 4 is 11.8 Å². The summed E-state index contributed by atoms with van der Waals surface area (Å²) in [5, 5.41) is 8.37. The Morgan fingerprint density at radius 3 is 2.73 bits per heavy atom. The van der Waals surface area contributed by atoms with Crippen LogP contribution in [0.4, 0.5) is 0 Å². The van der Waals surface area contributed by atoms with Crippen LogP contribution in [0.1, 0.15) is 32.6 Å². The van der Waals surface area contributed by atoms with Gasteiger partial charge in [-0.05, 0) is 12.2 Å². The van der Waals surface area contributed by atoms with Gasteiger partial charge in [0.15, 0.2) is 0 Å². The van der Waals surface area contributed by atoms with E-state index in [2.05, 4.69) is 13.5 Å². The molecule has 0 N–H and O–H groups in total. The van der Waals surface area contributed by atoms with E-state index in [4.69, 9.17) is 5.26 Å². The van der Waals surface area contributed by atoms with Crippen LogP contribution < -0.4 is 0 Å². The molecule has 0 aliphatic carbocycles. The molecular formula is C9H15NS. The largest absolute Gasteiger partial charge is 0.192 e. The predicted octanol–water partition coefficient (Wildman–Crippen LogP) is 3.34. The van der Waals surface area contributed by atoms with E-state index in [9.17, 15) is 0 Å².